The fourth-order valence-corrected chi connectivity index (χ4v) is 3.91. The molecule has 1 saturated heterocycles. The van der Waals surface area contributed by atoms with E-state index in [1.165, 1.54) is 23.1 Å². The molecule has 1 atom stereocenters. The predicted molar refractivity (Wildman–Crippen MR) is 121 cm³/mol. The molecule has 1 aliphatic rings. The van der Waals surface area contributed by atoms with Crippen LogP contribution in [0.3, 0.4) is 0 Å². The van der Waals surface area contributed by atoms with Crippen LogP contribution < -0.4 is 4.90 Å². The van der Waals surface area contributed by atoms with Crippen LogP contribution in [0.25, 0.3) is 5.76 Å². The number of Topliss-reactive ketones (excluding diaryl/α,β-unsaturated/α-hetero) is 1. The lowest BCUT2D eigenvalue weighted by Gasteiger charge is -2.25. The number of amides is 1. The highest BCUT2D eigenvalue weighted by Gasteiger charge is 2.47. The smallest absolute Gasteiger partial charge is 0.300 e. The molecule has 0 saturated carbocycles. The van der Waals surface area contributed by atoms with Crippen molar-refractivity contribution in [2.45, 2.75) is 6.04 Å². The molecule has 1 heterocycles. The van der Waals surface area contributed by atoms with Gasteiger partial charge in [-0.15, -0.1) is 0 Å². The number of halogens is 3. The van der Waals surface area contributed by atoms with Crippen molar-refractivity contribution in [3.63, 3.8) is 0 Å². The van der Waals surface area contributed by atoms with Crippen molar-refractivity contribution in [3.05, 3.63) is 98.5 Å². The Hall–Kier alpha value is -2.99. The zero-order chi connectivity index (χ0) is 22.3. The lowest BCUT2D eigenvalue weighted by Crippen LogP contribution is -2.29. The quantitative estimate of drug-likeness (QED) is 0.278. The second-order valence-corrected chi connectivity index (χ2v) is 8.14. The molecular formula is C23H14Cl3NO4. The number of anilines is 1. The standard InChI is InChI=1S/C23H14Cl3NO4/c24-14-4-1-12(2-5-14)21(29)19-20(13-3-10-18(28)17(26)11-13)27(23(31)22(19)30)16-8-6-15(25)7-9-16/h1-11,20,28-29H/b21-19-. The Morgan fingerprint density at radius 2 is 1.42 bits per heavy atom. The Balaban J connectivity index is 1.95. The van der Waals surface area contributed by atoms with Gasteiger partial charge in [-0.05, 0) is 66.2 Å². The minimum atomic E-state index is -0.977. The normalized spacial score (nSPS) is 17.9. The van der Waals surface area contributed by atoms with E-state index in [0.717, 1.165) is 0 Å². The zero-order valence-corrected chi connectivity index (χ0v) is 18.0. The first-order valence-corrected chi connectivity index (χ1v) is 10.2. The van der Waals surface area contributed by atoms with E-state index in [1.54, 1.807) is 48.5 Å². The van der Waals surface area contributed by atoms with Crippen molar-refractivity contribution < 1.29 is 19.8 Å². The van der Waals surface area contributed by atoms with Crippen LogP contribution in [0.1, 0.15) is 17.2 Å². The summed E-state index contributed by atoms with van der Waals surface area (Å²) in [4.78, 5) is 27.3. The maximum absolute atomic E-state index is 13.0. The Labute approximate surface area is 192 Å². The number of phenolic OH excluding ortho intramolecular Hbond substituents is 1. The van der Waals surface area contributed by atoms with Gasteiger partial charge in [0, 0.05) is 21.3 Å². The number of benzene rings is 3. The summed E-state index contributed by atoms with van der Waals surface area (Å²) < 4.78 is 0. The molecule has 1 aliphatic heterocycles. The number of aromatic hydroxyl groups is 1. The third kappa shape index (κ3) is 3.88. The van der Waals surface area contributed by atoms with Crippen LogP contribution in [0.2, 0.25) is 15.1 Å². The van der Waals surface area contributed by atoms with Gasteiger partial charge in [-0.25, -0.2) is 0 Å². The number of ketones is 1. The van der Waals surface area contributed by atoms with Crippen LogP contribution in [0.4, 0.5) is 5.69 Å². The Morgan fingerprint density at radius 1 is 0.839 bits per heavy atom. The lowest BCUT2D eigenvalue weighted by atomic mass is 9.95. The van der Waals surface area contributed by atoms with E-state index in [-0.39, 0.29) is 22.1 Å². The summed E-state index contributed by atoms with van der Waals surface area (Å²) in [6, 6.07) is 16.0. The fraction of sp³-hybridized carbons (Fsp3) is 0.0435. The van der Waals surface area contributed by atoms with Crippen LogP contribution in [0.15, 0.2) is 72.3 Å². The molecule has 8 heteroatoms. The Morgan fingerprint density at radius 3 is 2.00 bits per heavy atom. The van der Waals surface area contributed by atoms with E-state index in [9.17, 15) is 19.8 Å². The number of aliphatic hydroxyl groups is 1. The average molecular weight is 475 g/mol. The number of phenols is 1. The molecule has 0 spiro atoms. The number of nitrogens with zero attached hydrogens (tertiary/aromatic N) is 1. The average Bonchev–Trinajstić information content (AvgIpc) is 3.01. The first-order chi connectivity index (χ1) is 14.8. The number of hydrogen-bond acceptors (Lipinski definition) is 4. The number of carbonyl (C=O) groups excluding carboxylic acids is 2. The highest BCUT2D eigenvalue weighted by Crippen LogP contribution is 2.43. The third-order valence-corrected chi connectivity index (χ3v) is 5.76. The van der Waals surface area contributed by atoms with Crippen LogP contribution in [-0.4, -0.2) is 21.9 Å². The van der Waals surface area contributed by atoms with Gasteiger partial charge in [-0.2, -0.15) is 0 Å². The van der Waals surface area contributed by atoms with Gasteiger partial charge in [0.1, 0.15) is 11.5 Å². The minimum Gasteiger partial charge on any atom is -0.507 e. The molecule has 31 heavy (non-hydrogen) atoms. The van der Waals surface area contributed by atoms with E-state index in [0.29, 0.717) is 26.9 Å². The van der Waals surface area contributed by atoms with Gasteiger partial charge in [-0.3, -0.25) is 14.5 Å². The summed E-state index contributed by atoms with van der Waals surface area (Å²) in [6.45, 7) is 0. The van der Waals surface area contributed by atoms with E-state index in [4.69, 9.17) is 34.8 Å². The molecule has 0 radical (unpaired) electrons. The monoisotopic (exact) mass is 473 g/mol. The highest BCUT2D eigenvalue weighted by molar-refractivity contribution is 6.51. The molecular weight excluding hydrogens is 461 g/mol. The van der Waals surface area contributed by atoms with E-state index in [2.05, 4.69) is 0 Å². The molecule has 4 rings (SSSR count). The maximum atomic E-state index is 13.0. The molecule has 1 amide bonds. The molecule has 0 bridgehead atoms. The van der Waals surface area contributed by atoms with Crippen molar-refractivity contribution in [1.82, 2.24) is 0 Å². The van der Waals surface area contributed by atoms with Crippen LogP contribution >= 0.6 is 34.8 Å². The summed E-state index contributed by atoms with van der Waals surface area (Å²) in [5.74, 6) is -2.16. The van der Waals surface area contributed by atoms with E-state index < -0.39 is 17.7 Å². The number of aliphatic hydroxyl groups excluding tert-OH is 1. The van der Waals surface area contributed by atoms with E-state index in [1.807, 2.05) is 0 Å². The fourth-order valence-electron chi connectivity index (χ4n) is 3.47. The first kappa shape index (κ1) is 21.2. The highest BCUT2D eigenvalue weighted by atomic mass is 35.5. The third-order valence-electron chi connectivity index (χ3n) is 4.95. The van der Waals surface area contributed by atoms with Crippen LogP contribution in [-0.2, 0) is 9.59 Å². The van der Waals surface area contributed by atoms with Gasteiger partial charge in [0.2, 0.25) is 0 Å². The molecule has 0 aliphatic carbocycles. The van der Waals surface area contributed by atoms with Crippen LogP contribution in [0, 0.1) is 0 Å². The van der Waals surface area contributed by atoms with Crippen molar-refractivity contribution in [2.24, 2.45) is 0 Å². The Kier molecular flexibility index (Phi) is 5.67. The summed E-state index contributed by atoms with van der Waals surface area (Å²) in [5, 5.41) is 21.8. The summed E-state index contributed by atoms with van der Waals surface area (Å²) in [6.07, 6.45) is 0. The molecule has 1 fully saturated rings. The van der Waals surface area contributed by atoms with Gasteiger partial charge < -0.3 is 10.2 Å². The van der Waals surface area contributed by atoms with Gasteiger partial charge in [-0.1, -0.05) is 40.9 Å². The van der Waals surface area contributed by atoms with Crippen molar-refractivity contribution in [2.75, 3.05) is 4.90 Å². The molecule has 3 aromatic rings. The predicted octanol–water partition coefficient (Wildman–Crippen LogP) is 5.98. The SMILES string of the molecule is O=C1C(=O)N(c2ccc(Cl)cc2)C(c2ccc(O)c(Cl)c2)/C1=C(/O)c1ccc(Cl)cc1. The maximum Gasteiger partial charge on any atom is 0.300 e. The second kappa shape index (κ2) is 8.27. The molecule has 1 unspecified atom stereocenters. The summed E-state index contributed by atoms with van der Waals surface area (Å²) in [7, 11) is 0. The van der Waals surface area contributed by atoms with Crippen molar-refractivity contribution in [3.8, 4) is 5.75 Å². The van der Waals surface area contributed by atoms with Gasteiger partial charge in [0.05, 0.1) is 16.6 Å². The van der Waals surface area contributed by atoms with Crippen molar-refractivity contribution >= 4 is 57.9 Å². The zero-order valence-electron chi connectivity index (χ0n) is 15.7. The Bertz CT molecular complexity index is 1220. The molecule has 3 aromatic carbocycles. The molecule has 5 nitrogen and oxygen atoms in total. The summed E-state index contributed by atoms with van der Waals surface area (Å²) in [5.41, 5.74) is 1.07. The largest absolute Gasteiger partial charge is 0.507 e. The van der Waals surface area contributed by atoms with Crippen molar-refractivity contribution in [1.29, 1.82) is 0 Å². The van der Waals surface area contributed by atoms with Gasteiger partial charge >= 0.3 is 0 Å². The number of hydrogen-bond donors (Lipinski definition) is 2. The molecule has 2 N–H and O–H groups in total. The topological polar surface area (TPSA) is 77.8 Å². The molecule has 0 aromatic heterocycles. The number of carbonyl (C=O) groups is 2. The number of rotatable bonds is 3. The van der Waals surface area contributed by atoms with Gasteiger partial charge in [0.25, 0.3) is 11.7 Å². The minimum absolute atomic E-state index is 0.0469. The van der Waals surface area contributed by atoms with Crippen LogP contribution in [0.5, 0.6) is 5.75 Å². The summed E-state index contributed by atoms with van der Waals surface area (Å²) >= 11 is 18.0. The van der Waals surface area contributed by atoms with E-state index >= 15 is 0 Å². The lowest BCUT2D eigenvalue weighted by molar-refractivity contribution is -0.132. The first-order valence-electron chi connectivity index (χ1n) is 9.09. The van der Waals surface area contributed by atoms with Gasteiger partial charge in [0.15, 0.2) is 0 Å². The molecule has 156 valence electrons. The second-order valence-electron chi connectivity index (χ2n) is 6.86.